The number of likely N-dealkylation sites (N-methyl/N-ethyl adjacent to an activating group) is 1. The van der Waals surface area contributed by atoms with Crippen LogP contribution < -0.4 is 10.2 Å². The van der Waals surface area contributed by atoms with Gasteiger partial charge in [0.15, 0.2) is 0 Å². The summed E-state index contributed by atoms with van der Waals surface area (Å²) in [6, 6.07) is 4.02. The van der Waals surface area contributed by atoms with E-state index in [9.17, 15) is 4.79 Å². The SMILES string of the molecule is CN1CC[C@@H](NC(=O)c2ccc(N3CCOCC3)nc2)C1. The van der Waals surface area contributed by atoms with Crippen molar-refractivity contribution in [3.63, 3.8) is 0 Å². The van der Waals surface area contributed by atoms with Gasteiger partial charge in [0.25, 0.3) is 5.91 Å². The number of morpholine rings is 1. The molecule has 2 saturated heterocycles. The molecular weight excluding hydrogens is 268 g/mol. The van der Waals surface area contributed by atoms with Crippen molar-refractivity contribution in [2.24, 2.45) is 0 Å². The molecule has 2 aliphatic heterocycles. The maximum Gasteiger partial charge on any atom is 0.253 e. The lowest BCUT2D eigenvalue weighted by Crippen LogP contribution is -2.37. The van der Waals surface area contributed by atoms with Gasteiger partial charge in [0.1, 0.15) is 5.82 Å². The molecule has 0 spiro atoms. The van der Waals surface area contributed by atoms with Crippen LogP contribution in [0.5, 0.6) is 0 Å². The standard InChI is InChI=1S/C15H22N4O2/c1-18-5-4-13(11-18)17-15(20)12-2-3-14(16-10-12)19-6-8-21-9-7-19/h2-3,10,13H,4-9,11H2,1H3,(H,17,20)/t13-/m1/s1. The predicted molar refractivity (Wildman–Crippen MR) is 80.6 cm³/mol. The fourth-order valence-electron chi connectivity index (χ4n) is 2.82. The van der Waals surface area contributed by atoms with Crippen LogP contribution in [-0.2, 0) is 4.74 Å². The summed E-state index contributed by atoms with van der Waals surface area (Å²) in [6.45, 7) is 5.14. The molecule has 0 unspecified atom stereocenters. The fraction of sp³-hybridized carbons (Fsp3) is 0.600. The van der Waals surface area contributed by atoms with Gasteiger partial charge in [0, 0.05) is 31.9 Å². The maximum atomic E-state index is 12.2. The number of aromatic nitrogens is 1. The summed E-state index contributed by atoms with van der Waals surface area (Å²) in [5.41, 5.74) is 0.626. The van der Waals surface area contributed by atoms with E-state index in [0.29, 0.717) is 5.56 Å². The molecule has 1 atom stereocenters. The Labute approximate surface area is 125 Å². The zero-order valence-electron chi connectivity index (χ0n) is 12.4. The summed E-state index contributed by atoms with van der Waals surface area (Å²) >= 11 is 0. The Balaban J connectivity index is 1.59. The van der Waals surface area contributed by atoms with Gasteiger partial charge >= 0.3 is 0 Å². The number of anilines is 1. The number of likely N-dealkylation sites (tertiary alicyclic amines) is 1. The van der Waals surface area contributed by atoms with Gasteiger partial charge in [-0.25, -0.2) is 4.98 Å². The summed E-state index contributed by atoms with van der Waals surface area (Å²) in [5.74, 6) is 0.881. The molecule has 0 aliphatic carbocycles. The average Bonchev–Trinajstić information content (AvgIpc) is 2.93. The predicted octanol–water partition coefficient (Wildman–Crippen LogP) is 0.352. The van der Waals surface area contributed by atoms with Crippen LogP contribution in [0.25, 0.3) is 0 Å². The van der Waals surface area contributed by atoms with Gasteiger partial charge in [-0.2, -0.15) is 0 Å². The number of nitrogens with zero attached hydrogens (tertiary/aromatic N) is 3. The van der Waals surface area contributed by atoms with E-state index in [1.54, 1.807) is 6.20 Å². The van der Waals surface area contributed by atoms with Crippen LogP contribution in [-0.4, -0.2) is 68.3 Å². The second-order valence-electron chi connectivity index (χ2n) is 5.73. The largest absolute Gasteiger partial charge is 0.378 e. The van der Waals surface area contributed by atoms with Crippen LogP contribution in [0, 0.1) is 0 Å². The number of amides is 1. The van der Waals surface area contributed by atoms with Crippen molar-refractivity contribution in [1.29, 1.82) is 0 Å². The lowest BCUT2D eigenvalue weighted by atomic mass is 10.2. The Morgan fingerprint density at radius 3 is 2.76 bits per heavy atom. The molecule has 114 valence electrons. The average molecular weight is 290 g/mol. The second kappa shape index (κ2) is 6.41. The van der Waals surface area contributed by atoms with E-state index in [0.717, 1.165) is 51.6 Å². The molecule has 1 aromatic rings. The molecule has 3 heterocycles. The first-order chi connectivity index (χ1) is 10.2. The van der Waals surface area contributed by atoms with Gasteiger partial charge in [0.05, 0.1) is 18.8 Å². The van der Waals surface area contributed by atoms with Crippen molar-refractivity contribution in [2.75, 3.05) is 51.3 Å². The number of nitrogens with one attached hydrogen (secondary N) is 1. The molecule has 2 aliphatic rings. The number of carbonyl (C=O) groups is 1. The highest BCUT2D eigenvalue weighted by Crippen LogP contribution is 2.13. The number of pyridine rings is 1. The number of hydrogen-bond acceptors (Lipinski definition) is 5. The molecule has 0 saturated carbocycles. The summed E-state index contributed by atoms with van der Waals surface area (Å²) < 4.78 is 5.33. The maximum absolute atomic E-state index is 12.2. The van der Waals surface area contributed by atoms with Crippen molar-refractivity contribution < 1.29 is 9.53 Å². The number of ether oxygens (including phenoxy) is 1. The molecule has 6 nitrogen and oxygen atoms in total. The smallest absolute Gasteiger partial charge is 0.253 e. The van der Waals surface area contributed by atoms with E-state index in [1.807, 2.05) is 12.1 Å². The molecule has 1 aromatic heterocycles. The Morgan fingerprint density at radius 2 is 2.14 bits per heavy atom. The lowest BCUT2D eigenvalue weighted by Gasteiger charge is -2.27. The first-order valence-corrected chi connectivity index (χ1v) is 7.50. The Bertz CT molecular complexity index is 485. The van der Waals surface area contributed by atoms with Crippen LogP contribution >= 0.6 is 0 Å². The van der Waals surface area contributed by atoms with Gasteiger partial charge in [-0.1, -0.05) is 0 Å². The summed E-state index contributed by atoms with van der Waals surface area (Å²) in [7, 11) is 2.07. The second-order valence-corrected chi connectivity index (χ2v) is 5.73. The minimum Gasteiger partial charge on any atom is -0.378 e. The molecule has 1 N–H and O–H groups in total. The highest BCUT2D eigenvalue weighted by atomic mass is 16.5. The van der Waals surface area contributed by atoms with Gasteiger partial charge in [0.2, 0.25) is 0 Å². The summed E-state index contributed by atoms with van der Waals surface area (Å²) in [6.07, 6.45) is 2.68. The quantitative estimate of drug-likeness (QED) is 0.870. The minimum atomic E-state index is -0.0312. The highest BCUT2D eigenvalue weighted by Gasteiger charge is 2.21. The van der Waals surface area contributed by atoms with Gasteiger partial charge in [-0.15, -0.1) is 0 Å². The van der Waals surface area contributed by atoms with Crippen LogP contribution in [0.1, 0.15) is 16.8 Å². The van der Waals surface area contributed by atoms with E-state index in [4.69, 9.17) is 4.74 Å². The number of rotatable bonds is 3. The monoisotopic (exact) mass is 290 g/mol. The zero-order valence-corrected chi connectivity index (χ0v) is 12.4. The molecular formula is C15H22N4O2. The molecule has 21 heavy (non-hydrogen) atoms. The van der Waals surface area contributed by atoms with E-state index in [-0.39, 0.29) is 11.9 Å². The molecule has 6 heteroatoms. The van der Waals surface area contributed by atoms with Crippen LogP contribution in [0.2, 0.25) is 0 Å². The van der Waals surface area contributed by atoms with E-state index >= 15 is 0 Å². The Morgan fingerprint density at radius 1 is 1.33 bits per heavy atom. The van der Waals surface area contributed by atoms with Crippen molar-refractivity contribution in [1.82, 2.24) is 15.2 Å². The van der Waals surface area contributed by atoms with Crippen molar-refractivity contribution in [3.05, 3.63) is 23.9 Å². The minimum absolute atomic E-state index is 0.0312. The molecule has 0 aromatic carbocycles. The highest BCUT2D eigenvalue weighted by molar-refractivity contribution is 5.94. The third-order valence-electron chi connectivity index (χ3n) is 4.07. The third-order valence-corrected chi connectivity index (χ3v) is 4.07. The van der Waals surface area contributed by atoms with Crippen LogP contribution in [0.15, 0.2) is 18.3 Å². The van der Waals surface area contributed by atoms with Crippen LogP contribution in [0.4, 0.5) is 5.82 Å². The first kappa shape index (κ1) is 14.3. The Hall–Kier alpha value is -1.66. The molecule has 2 fully saturated rings. The topological polar surface area (TPSA) is 57.7 Å². The Kier molecular flexibility index (Phi) is 4.36. The van der Waals surface area contributed by atoms with Crippen LogP contribution in [0.3, 0.4) is 0 Å². The van der Waals surface area contributed by atoms with Crippen molar-refractivity contribution in [2.45, 2.75) is 12.5 Å². The summed E-state index contributed by atoms with van der Waals surface area (Å²) in [5, 5.41) is 3.07. The van der Waals surface area contributed by atoms with Crippen molar-refractivity contribution >= 4 is 11.7 Å². The molecule has 0 bridgehead atoms. The molecule has 0 radical (unpaired) electrons. The van der Waals surface area contributed by atoms with Crippen molar-refractivity contribution in [3.8, 4) is 0 Å². The van der Waals surface area contributed by atoms with Gasteiger partial charge in [-0.3, -0.25) is 4.79 Å². The van der Waals surface area contributed by atoms with Gasteiger partial charge in [-0.05, 0) is 32.1 Å². The third kappa shape index (κ3) is 3.51. The fourth-order valence-corrected chi connectivity index (χ4v) is 2.82. The first-order valence-electron chi connectivity index (χ1n) is 7.50. The summed E-state index contributed by atoms with van der Waals surface area (Å²) in [4.78, 5) is 21.0. The molecule has 1 amide bonds. The van der Waals surface area contributed by atoms with E-state index < -0.39 is 0 Å². The van der Waals surface area contributed by atoms with E-state index in [2.05, 4.69) is 27.1 Å². The lowest BCUT2D eigenvalue weighted by molar-refractivity contribution is 0.0938. The van der Waals surface area contributed by atoms with E-state index in [1.165, 1.54) is 0 Å². The number of carbonyl (C=O) groups excluding carboxylic acids is 1. The van der Waals surface area contributed by atoms with Gasteiger partial charge < -0.3 is 19.9 Å². The zero-order chi connectivity index (χ0) is 14.7. The number of hydrogen-bond donors (Lipinski definition) is 1. The molecule has 3 rings (SSSR count). The normalized spacial score (nSPS) is 23.3.